The Kier molecular flexibility index (Phi) is 5.62. The van der Waals surface area contributed by atoms with E-state index in [0.717, 1.165) is 5.92 Å². The van der Waals surface area contributed by atoms with E-state index in [-0.39, 0.29) is 0 Å². The monoisotopic (exact) mass is 309 g/mol. The summed E-state index contributed by atoms with van der Waals surface area (Å²) in [6, 6.07) is 0.684. The molecule has 0 aromatic rings. The highest BCUT2D eigenvalue weighted by Gasteiger charge is 2.33. The van der Waals surface area contributed by atoms with Gasteiger partial charge in [0.25, 0.3) is 0 Å². The fourth-order valence-corrected chi connectivity index (χ4v) is 4.35. The van der Waals surface area contributed by atoms with Crippen LogP contribution in [0.1, 0.15) is 61.3 Å². The number of piperidine rings is 1. The summed E-state index contributed by atoms with van der Waals surface area (Å²) in [6.07, 6.45) is 2.76. The third-order valence-corrected chi connectivity index (χ3v) is 5.65. The molecule has 2 fully saturated rings. The van der Waals surface area contributed by atoms with Crippen LogP contribution in [0.5, 0.6) is 0 Å². The summed E-state index contributed by atoms with van der Waals surface area (Å²) in [5, 5.41) is 0. The molecule has 1 atom stereocenters. The van der Waals surface area contributed by atoms with Crippen LogP contribution in [-0.4, -0.2) is 71.1 Å². The van der Waals surface area contributed by atoms with Gasteiger partial charge in [0, 0.05) is 43.3 Å². The Morgan fingerprint density at radius 2 is 1.41 bits per heavy atom. The third kappa shape index (κ3) is 4.69. The number of nitrogens with zero attached hydrogens (tertiary/aromatic N) is 3. The second-order valence-corrected chi connectivity index (χ2v) is 9.57. The van der Waals surface area contributed by atoms with Crippen molar-refractivity contribution in [2.24, 2.45) is 5.92 Å². The second-order valence-electron chi connectivity index (χ2n) is 9.57. The summed E-state index contributed by atoms with van der Waals surface area (Å²) < 4.78 is 0. The van der Waals surface area contributed by atoms with E-state index in [2.05, 4.69) is 63.2 Å². The number of likely N-dealkylation sites (tertiary alicyclic amines) is 1. The molecule has 2 aliphatic heterocycles. The Hall–Kier alpha value is -0.120. The lowest BCUT2D eigenvalue weighted by Crippen LogP contribution is -2.59. The Bertz CT molecular complexity index is 345. The molecule has 0 bridgehead atoms. The number of rotatable bonds is 2. The minimum absolute atomic E-state index is 0.309. The molecule has 22 heavy (non-hydrogen) atoms. The number of piperazine rings is 1. The molecular formula is C19H39N3. The summed E-state index contributed by atoms with van der Waals surface area (Å²) in [5.74, 6) is 0.909. The van der Waals surface area contributed by atoms with E-state index in [0.29, 0.717) is 17.1 Å². The smallest absolute Gasteiger partial charge is 0.0200 e. The summed E-state index contributed by atoms with van der Waals surface area (Å²) in [6.45, 7) is 24.1. The van der Waals surface area contributed by atoms with E-state index in [1.54, 1.807) is 0 Å². The molecular weight excluding hydrogens is 270 g/mol. The molecule has 0 unspecified atom stereocenters. The molecule has 0 aromatic carbocycles. The van der Waals surface area contributed by atoms with Gasteiger partial charge in [-0.05, 0) is 80.3 Å². The maximum atomic E-state index is 2.73. The zero-order valence-electron chi connectivity index (χ0n) is 16.2. The molecule has 3 nitrogen and oxygen atoms in total. The lowest BCUT2D eigenvalue weighted by molar-refractivity contribution is 0.00499. The molecule has 2 heterocycles. The number of hydrogen-bond donors (Lipinski definition) is 0. The largest absolute Gasteiger partial charge is 0.300 e. The van der Waals surface area contributed by atoms with E-state index in [4.69, 9.17) is 0 Å². The van der Waals surface area contributed by atoms with Crippen molar-refractivity contribution in [3.05, 3.63) is 0 Å². The fraction of sp³-hybridized carbons (Fsp3) is 1.00. The Morgan fingerprint density at radius 1 is 0.818 bits per heavy atom. The van der Waals surface area contributed by atoms with Gasteiger partial charge in [-0.2, -0.15) is 0 Å². The standard InChI is InChI=1S/C19H39N3/c1-16-14-20(12-13-22(16)19(5,6)7)15-17-8-10-21(11-9-17)18(2,3)4/h16-17H,8-15H2,1-7H3/t16-/m1/s1. The van der Waals surface area contributed by atoms with E-state index < -0.39 is 0 Å². The zero-order chi connectivity index (χ0) is 16.5. The predicted octanol–water partition coefficient (Wildman–Crippen LogP) is 3.30. The van der Waals surface area contributed by atoms with Crippen molar-refractivity contribution in [3.63, 3.8) is 0 Å². The van der Waals surface area contributed by atoms with E-state index >= 15 is 0 Å². The first-order valence-electron chi connectivity index (χ1n) is 9.31. The normalized spacial score (nSPS) is 28.2. The molecule has 3 heteroatoms. The van der Waals surface area contributed by atoms with Gasteiger partial charge in [0.2, 0.25) is 0 Å². The molecule has 0 saturated carbocycles. The Balaban J connectivity index is 1.77. The highest BCUT2D eigenvalue weighted by Crippen LogP contribution is 2.26. The average Bonchev–Trinajstić information content (AvgIpc) is 2.36. The van der Waals surface area contributed by atoms with Crippen LogP contribution in [0, 0.1) is 5.92 Å². The Morgan fingerprint density at radius 3 is 1.86 bits per heavy atom. The van der Waals surface area contributed by atoms with Crippen LogP contribution < -0.4 is 0 Å². The summed E-state index contributed by atoms with van der Waals surface area (Å²) >= 11 is 0. The van der Waals surface area contributed by atoms with Crippen LogP contribution in [0.4, 0.5) is 0 Å². The predicted molar refractivity (Wildman–Crippen MR) is 96.4 cm³/mol. The van der Waals surface area contributed by atoms with Crippen LogP contribution in [0.25, 0.3) is 0 Å². The van der Waals surface area contributed by atoms with Gasteiger partial charge in [-0.15, -0.1) is 0 Å². The summed E-state index contributed by atoms with van der Waals surface area (Å²) in [5.41, 5.74) is 0.654. The molecule has 0 aliphatic carbocycles. The van der Waals surface area contributed by atoms with Crippen LogP contribution in [0.15, 0.2) is 0 Å². The van der Waals surface area contributed by atoms with E-state index in [9.17, 15) is 0 Å². The topological polar surface area (TPSA) is 9.72 Å². The van der Waals surface area contributed by atoms with Crippen molar-refractivity contribution >= 4 is 0 Å². The minimum Gasteiger partial charge on any atom is -0.300 e. The first-order valence-corrected chi connectivity index (χ1v) is 9.31. The first kappa shape index (κ1) is 18.2. The van der Waals surface area contributed by atoms with Crippen molar-refractivity contribution in [1.82, 2.24) is 14.7 Å². The zero-order valence-corrected chi connectivity index (χ0v) is 16.2. The maximum Gasteiger partial charge on any atom is 0.0200 e. The maximum absolute atomic E-state index is 2.73. The summed E-state index contributed by atoms with van der Waals surface area (Å²) in [7, 11) is 0. The molecule has 0 amide bonds. The first-order chi connectivity index (χ1) is 10.1. The molecule has 0 aromatic heterocycles. The van der Waals surface area contributed by atoms with E-state index in [1.807, 2.05) is 0 Å². The van der Waals surface area contributed by atoms with Crippen molar-refractivity contribution in [2.75, 3.05) is 39.3 Å². The van der Waals surface area contributed by atoms with Gasteiger partial charge in [0.05, 0.1) is 0 Å². The van der Waals surface area contributed by atoms with Crippen molar-refractivity contribution in [3.8, 4) is 0 Å². The molecule has 0 spiro atoms. The Labute approximate surface area is 139 Å². The highest BCUT2D eigenvalue weighted by atomic mass is 15.3. The van der Waals surface area contributed by atoms with Gasteiger partial charge in [0.15, 0.2) is 0 Å². The molecule has 2 rings (SSSR count). The van der Waals surface area contributed by atoms with Crippen LogP contribution >= 0.6 is 0 Å². The fourth-order valence-electron chi connectivity index (χ4n) is 4.35. The lowest BCUT2D eigenvalue weighted by Gasteiger charge is -2.48. The molecule has 0 N–H and O–H groups in total. The lowest BCUT2D eigenvalue weighted by atomic mass is 9.92. The van der Waals surface area contributed by atoms with Crippen molar-refractivity contribution in [2.45, 2.75) is 78.4 Å². The highest BCUT2D eigenvalue weighted by molar-refractivity contribution is 4.89. The second kappa shape index (κ2) is 6.78. The van der Waals surface area contributed by atoms with E-state index in [1.165, 1.54) is 52.1 Å². The average molecular weight is 310 g/mol. The van der Waals surface area contributed by atoms with Gasteiger partial charge in [-0.25, -0.2) is 0 Å². The molecule has 0 radical (unpaired) electrons. The SMILES string of the molecule is C[C@@H]1CN(CC2CCN(C(C)(C)C)CC2)CCN1C(C)(C)C. The van der Waals surface area contributed by atoms with Crippen molar-refractivity contribution < 1.29 is 0 Å². The van der Waals surface area contributed by atoms with Crippen LogP contribution in [-0.2, 0) is 0 Å². The quantitative estimate of drug-likeness (QED) is 0.775. The van der Waals surface area contributed by atoms with Gasteiger partial charge in [-0.3, -0.25) is 9.80 Å². The third-order valence-electron chi connectivity index (χ3n) is 5.65. The van der Waals surface area contributed by atoms with Gasteiger partial charge in [-0.1, -0.05) is 0 Å². The summed E-state index contributed by atoms with van der Waals surface area (Å²) in [4.78, 5) is 8.06. The molecule has 2 aliphatic rings. The van der Waals surface area contributed by atoms with Gasteiger partial charge in [0.1, 0.15) is 0 Å². The van der Waals surface area contributed by atoms with Gasteiger partial charge < -0.3 is 4.90 Å². The molecule has 130 valence electrons. The van der Waals surface area contributed by atoms with Crippen LogP contribution in [0.3, 0.4) is 0 Å². The van der Waals surface area contributed by atoms with Crippen LogP contribution in [0.2, 0.25) is 0 Å². The minimum atomic E-state index is 0.309. The van der Waals surface area contributed by atoms with Gasteiger partial charge >= 0.3 is 0 Å². The molecule has 2 saturated heterocycles. The number of hydrogen-bond acceptors (Lipinski definition) is 3. The van der Waals surface area contributed by atoms with Crippen molar-refractivity contribution in [1.29, 1.82) is 0 Å².